The van der Waals surface area contributed by atoms with Crippen molar-refractivity contribution in [3.8, 4) is 0 Å². The number of ketones is 1. The van der Waals surface area contributed by atoms with Crippen molar-refractivity contribution in [1.29, 1.82) is 0 Å². The summed E-state index contributed by atoms with van der Waals surface area (Å²) in [5.74, 6) is -0.402. The molecule has 3 N–H and O–H groups in total. The van der Waals surface area contributed by atoms with Gasteiger partial charge in [-0.2, -0.15) is 4.31 Å². The second-order valence-electron chi connectivity index (χ2n) is 10.2. The lowest BCUT2D eigenvalue weighted by Gasteiger charge is -2.32. The maximum atomic E-state index is 13.4. The second kappa shape index (κ2) is 12.8. The molecular weight excluding hydrogens is 496 g/mol. The summed E-state index contributed by atoms with van der Waals surface area (Å²) in [6.45, 7) is 2.41. The number of amides is 3. The molecule has 2 saturated heterocycles. The van der Waals surface area contributed by atoms with Gasteiger partial charge in [0.2, 0.25) is 5.91 Å². The van der Waals surface area contributed by atoms with Gasteiger partial charge in [0.25, 0.3) is 10.0 Å². The van der Waals surface area contributed by atoms with Crippen molar-refractivity contribution < 1.29 is 22.8 Å². The maximum absolute atomic E-state index is 13.4. The Hall–Kier alpha value is -2.57. The summed E-state index contributed by atoms with van der Waals surface area (Å²) in [7, 11) is -3.91. The van der Waals surface area contributed by atoms with Crippen LogP contribution < -0.4 is 16.0 Å². The van der Waals surface area contributed by atoms with Crippen LogP contribution in [0.2, 0.25) is 0 Å². The lowest BCUT2D eigenvalue weighted by atomic mass is 9.84. The standard InChI is InChI=1S/C25H38N6O5S/c32-22-18-31(37(35,36)23-10-4-5-11-27-23)14-6-9-20(22)28-24(33)21(17-19-7-2-1-3-8-19)29-25(34)30-15-12-26-13-16-30/h4-5,10-11,19-21,26H,1-3,6-9,12-18H2,(H,28,33)(H,29,34)/t20-,21-/m0/s1. The lowest BCUT2D eigenvalue weighted by molar-refractivity contribution is -0.129. The van der Waals surface area contributed by atoms with Crippen LogP contribution in [0.25, 0.3) is 0 Å². The number of piperazine rings is 1. The van der Waals surface area contributed by atoms with Gasteiger partial charge in [0.1, 0.15) is 6.04 Å². The largest absolute Gasteiger partial charge is 0.344 e. The number of hydrogen-bond acceptors (Lipinski definition) is 7. The van der Waals surface area contributed by atoms with Gasteiger partial charge in [-0.3, -0.25) is 9.59 Å². The number of hydrogen-bond donors (Lipinski definition) is 3. The van der Waals surface area contributed by atoms with Crippen LogP contribution in [-0.2, 0) is 19.6 Å². The number of sulfonamides is 1. The molecule has 0 aromatic carbocycles. The second-order valence-corrected chi connectivity index (χ2v) is 12.0. The third kappa shape index (κ3) is 7.26. The summed E-state index contributed by atoms with van der Waals surface area (Å²) in [6, 6.07) is 2.81. The molecule has 1 aromatic heterocycles. The van der Waals surface area contributed by atoms with Crippen LogP contribution in [0.4, 0.5) is 4.79 Å². The molecular formula is C25H38N6O5S. The first-order valence-corrected chi connectivity index (χ1v) is 14.8. The van der Waals surface area contributed by atoms with Crippen molar-refractivity contribution in [2.75, 3.05) is 39.3 Å². The third-order valence-electron chi connectivity index (χ3n) is 7.49. The zero-order chi connectivity index (χ0) is 26.3. The molecule has 0 radical (unpaired) electrons. The van der Waals surface area contributed by atoms with Crippen LogP contribution in [0.3, 0.4) is 0 Å². The van der Waals surface area contributed by atoms with Crippen LogP contribution in [0, 0.1) is 5.92 Å². The number of carbonyl (C=O) groups excluding carboxylic acids is 3. The van der Waals surface area contributed by atoms with E-state index in [1.54, 1.807) is 17.0 Å². The van der Waals surface area contributed by atoms with Crippen LogP contribution in [0.1, 0.15) is 51.4 Å². The molecule has 204 valence electrons. The zero-order valence-corrected chi connectivity index (χ0v) is 22.0. The van der Waals surface area contributed by atoms with Gasteiger partial charge >= 0.3 is 6.03 Å². The first-order chi connectivity index (χ1) is 17.8. The maximum Gasteiger partial charge on any atom is 0.318 e. The van der Waals surface area contributed by atoms with E-state index < -0.39 is 22.1 Å². The molecule has 0 unspecified atom stereocenters. The van der Waals surface area contributed by atoms with Gasteiger partial charge in [-0.05, 0) is 37.3 Å². The van der Waals surface area contributed by atoms with E-state index in [9.17, 15) is 22.8 Å². The number of urea groups is 1. The minimum Gasteiger partial charge on any atom is -0.344 e. The molecule has 1 saturated carbocycles. The Labute approximate surface area is 218 Å². The fourth-order valence-electron chi connectivity index (χ4n) is 5.35. The lowest BCUT2D eigenvalue weighted by Crippen LogP contribution is -2.57. The van der Waals surface area contributed by atoms with Gasteiger partial charge in [-0.1, -0.05) is 38.2 Å². The molecule has 4 rings (SSSR count). The predicted molar refractivity (Wildman–Crippen MR) is 137 cm³/mol. The van der Waals surface area contributed by atoms with Gasteiger partial charge < -0.3 is 20.9 Å². The molecule has 0 bridgehead atoms. The summed E-state index contributed by atoms with van der Waals surface area (Å²) in [5.41, 5.74) is 0. The van der Waals surface area contributed by atoms with Gasteiger partial charge in [-0.25, -0.2) is 18.2 Å². The summed E-state index contributed by atoms with van der Waals surface area (Å²) in [4.78, 5) is 45.0. The van der Waals surface area contributed by atoms with Crippen molar-refractivity contribution in [2.24, 2.45) is 5.92 Å². The highest BCUT2D eigenvalue weighted by molar-refractivity contribution is 7.89. The number of pyridine rings is 1. The predicted octanol–water partition coefficient (Wildman–Crippen LogP) is 0.874. The van der Waals surface area contributed by atoms with Gasteiger partial charge in [-0.15, -0.1) is 0 Å². The minimum absolute atomic E-state index is 0.103. The van der Waals surface area contributed by atoms with Gasteiger partial charge in [0.05, 0.1) is 12.6 Å². The number of carbonyl (C=O) groups is 3. The summed E-state index contributed by atoms with van der Waals surface area (Å²) in [6.07, 6.45) is 8.16. The number of aromatic nitrogens is 1. The minimum atomic E-state index is -3.91. The van der Waals surface area contributed by atoms with Crippen molar-refractivity contribution >= 4 is 27.7 Å². The molecule has 37 heavy (non-hydrogen) atoms. The smallest absolute Gasteiger partial charge is 0.318 e. The molecule has 11 nitrogen and oxygen atoms in total. The van der Waals surface area contributed by atoms with E-state index in [-0.39, 0.29) is 35.8 Å². The Kier molecular flexibility index (Phi) is 9.49. The Morgan fingerprint density at radius 2 is 1.81 bits per heavy atom. The summed E-state index contributed by atoms with van der Waals surface area (Å²) >= 11 is 0. The highest BCUT2D eigenvalue weighted by Gasteiger charge is 2.35. The molecule has 1 aliphatic carbocycles. The number of Topliss-reactive ketones (excluding diaryl/α,β-unsaturated/α-hetero) is 1. The Balaban J connectivity index is 1.41. The summed E-state index contributed by atoms with van der Waals surface area (Å²) in [5, 5.41) is 8.89. The Morgan fingerprint density at radius 3 is 2.51 bits per heavy atom. The van der Waals surface area contributed by atoms with Crippen LogP contribution in [0.15, 0.2) is 29.4 Å². The van der Waals surface area contributed by atoms with E-state index in [1.807, 2.05) is 0 Å². The molecule has 2 atom stereocenters. The highest BCUT2D eigenvalue weighted by atomic mass is 32.2. The van der Waals surface area contributed by atoms with E-state index in [4.69, 9.17) is 0 Å². The average molecular weight is 535 g/mol. The first kappa shape index (κ1) is 27.5. The van der Waals surface area contributed by atoms with E-state index in [0.29, 0.717) is 51.4 Å². The quantitative estimate of drug-likeness (QED) is 0.471. The fourth-order valence-corrected chi connectivity index (χ4v) is 6.73. The molecule has 3 heterocycles. The number of rotatable bonds is 7. The Bertz CT molecular complexity index is 1040. The highest BCUT2D eigenvalue weighted by Crippen LogP contribution is 2.27. The summed E-state index contributed by atoms with van der Waals surface area (Å²) < 4.78 is 27.1. The van der Waals surface area contributed by atoms with E-state index in [2.05, 4.69) is 20.9 Å². The fraction of sp³-hybridized carbons (Fsp3) is 0.680. The molecule has 0 spiro atoms. The van der Waals surface area contributed by atoms with Crippen molar-refractivity contribution in [1.82, 2.24) is 30.1 Å². The van der Waals surface area contributed by atoms with E-state index >= 15 is 0 Å². The van der Waals surface area contributed by atoms with Crippen molar-refractivity contribution in [3.05, 3.63) is 24.4 Å². The Morgan fingerprint density at radius 1 is 1.05 bits per heavy atom. The monoisotopic (exact) mass is 534 g/mol. The number of nitrogens with one attached hydrogen (secondary N) is 3. The van der Waals surface area contributed by atoms with Gasteiger partial charge in [0.15, 0.2) is 10.8 Å². The van der Waals surface area contributed by atoms with Crippen LogP contribution in [-0.4, -0.2) is 91.7 Å². The van der Waals surface area contributed by atoms with Crippen molar-refractivity contribution in [2.45, 2.75) is 68.5 Å². The molecule has 3 amide bonds. The van der Waals surface area contributed by atoms with Crippen molar-refractivity contribution in [3.63, 3.8) is 0 Å². The first-order valence-electron chi connectivity index (χ1n) is 13.3. The molecule has 12 heteroatoms. The van der Waals surface area contributed by atoms with Crippen LogP contribution >= 0.6 is 0 Å². The average Bonchev–Trinajstić information content (AvgIpc) is 3.11. The SMILES string of the molecule is O=C1CN(S(=O)(=O)c2ccccn2)CCC[C@@H]1NC(=O)[C@H](CC1CCCCC1)NC(=O)N1CCNCC1. The van der Waals surface area contributed by atoms with E-state index in [1.165, 1.54) is 18.7 Å². The topological polar surface area (TPSA) is 141 Å². The van der Waals surface area contributed by atoms with Gasteiger partial charge in [0, 0.05) is 38.9 Å². The molecule has 3 aliphatic rings. The van der Waals surface area contributed by atoms with E-state index in [0.717, 1.165) is 30.0 Å². The number of nitrogens with zero attached hydrogens (tertiary/aromatic N) is 3. The molecule has 3 fully saturated rings. The molecule has 2 aliphatic heterocycles. The van der Waals surface area contributed by atoms with Crippen LogP contribution in [0.5, 0.6) is 0 Å². The molecule has 1 aromatic rings. The third-order valence-corrected chi connectivity index (χ3v) is 9.25. The normalized spacial score (nSPS) is 23.2. The zero-order valence-electron chi connectivity index (χ0n) is 21.2.